The zero-order valence-electron chi connectivity index (χ0n) is 13.3. The van der Waals surface area contributed by atoms with Gasteiger partial charge in [0.15, 0.2) is 0 Å². The molecule has 4 heterocycles. The molecule has 0 aliphatic carbocycles. The Labute approximate surface area is 143 Å². The molecule has 0 unspecified atom stereocenters. The van der Waals surface area contributed by atoms with Crippen molar-refractivity contribution in [2.45, 2.75) is 25.7 Å². The van der Waals surface area contributed by atoms with Crippen molar-refractivity contribution in [3.63, 3.8) is 0 Å². The number of rotatable bonds is 3. The first-order valence-corrected chi connectivity index (χ1v) is 8.79. The smallest absolute Gasteiger partial charge is 0.263 e. The summed E-state index contributed by atoms with van der Waals surface area (Å²) in [5, 5.41) is 10.3. The number of thiophene rings is 1. The lowest BCUT2D eigenvalue weighted by Gasteiger charge is -2.30. The molecule has 7 heteroatoms. The Morgan fingerprint density at radius 1 is 1.33 bits per heavy atom. The van der Waals surface area contributed by atoms with Crippen molar-refractivity contribution in [2.75, 3.05) is 13.1 Å². The number of aryl methyl sites for hydroxylation is 1. The summed E-state index contributed by atoms with van der Waals surface area (Å²) in [6, 6.07) is 3.75. The number of nitrogens with zero attached hydrogens (tertiary/aromatic N) is 3. The fraction of sp³-hybridized carbons (Fsp3) is 0.353. The van der Waals surface area contributed by atoms with Gasteiger partial charge in [-0.1, -0.05) is 0 Å². The molecular weight excluding hydrogens is 326 g/mol. The highest BCUT2D eigenvalue weighted by Crippen LogP contribution is 2.30. The zero-order chi connectivity index (χ0) is 16.5. The Morgan fingerprint density at radius 3 is 2.83 bits per heavy atom. The summed E-state index contributed by atoms with van der Waals surface area (Å²) in [6.07, 6.45) is 4.84. The van der Waals surface area contributed by atoms with Crippen molar-refractivity contribution in [1.29, 1.82) is 0 Å². The van der Waals surface area contributed by atoms with Crippen molar-refractivity contribution in [2.24, 2.45) is 0 Å². The van der Waals surface area contributed by atoms with Crippen molar-refractivity contribution < 1.29 is 13.6 Å². The lowest BCUT2D eigenvalue weighted by Crippen LogP contribution is -2.37. The number of aromatic nitrogens is 2. The van der Waals surface area contributed by atoms with Gasteiger partial charge in [0.2, 0.25) is 5.89 Å². The van der Waals surface area contributed by atoms with Crippen LogP contribution in [0.2, 0.25) is 0 Å². The number of piperidine rings is 1. The van der Waals surface area contributed by atoms with Crippen LogP contribution in [0.1, 0.15) is 39.9 Å². The third-order valence-corrected chi connectivity index (χ3v) is 5.32. The van der Waals surface area contributed by atoms with Crippen molar-refractivity contribution in [3.05, 3.63) is 46.4 Å². The van der Waals surface area contributed by atoms with E-state index in [2.05, 4.69) is 10.2 Å². The minimum atomic E-state index is 0.121. The van der Waals surface area contributed by atoms with Gasteiger partial charge in [-0.3, -0.25) is 4.79 Å². The maximum atomic E-state index is 12.5. The summed E-state index contributed by atoms with van der Waals surface area (Å²) >= 11 is 1.51. The van der Waals surface area contributed by atoms with Crippen molar-refractivity contribution in [3.8, 4) is 11.5 Å². The fourth-order valence-electron chi connectivity index (χ4n) is 2.93. The molecule has 3 aromatic rings. The van der Waals surface area contributed by atoms with Gasteiger partial charge in [0.1, 0.15) is 6.26 Å². The third-order valence-electron chi connectivity index (χ3n) is 4.28. The molecule has 0 aromatic carbocycles. The summed E-state index contributed by atoms with van der Waals surface area (Å²) in [6.45, 7) is 3.43. The summed E-state index contributed by atoms with van der Waals surface area (Å²) in [4.78, 5) is 15.2. The number of amides is 1. The molecule has 1 aliphatic heterocycles. The number of carbonyl (C=O) groups excluding carboxylic acids is 1. The molecule has 4 rings (SSSR count). The zero-order valence-corrected chi connectivity index (χ0v) is 14.1. The molecule has 0 saturated carbocycles. The van der Waals surface area contributed by atoms with E-state index in [1.165, 1.54) is 11.3 Å². The SMILES string of the molecule is Cc1csc(C(=O)N2CCC(c3nnc(-c4ccoc4)o3)CC2)c1. The van der Waals surface area contributed by atoms with E-state index in [1.807, 2.05) is 23.3 Å². The van der Waals surface area contributed by atoms with Crippen LogP contribution in [0.25, 0.3) is 11.5 Å². The molecule has 0 spiro atoms. The molecular formula is C17H17N3O3S. The molecule has 0 atom stereocenters. The van der Waals surface area contributed by atoms with Gasteiger partial charge in [0, 0.05) is 19.0 Å². The molecule has 1 saturated heterocycles. The van der Waals surface area contributed by atoms with Crippen LogP contribution in [0.4, 0.5) is 0 Å². The highest BCUT2D eigenvalue weighted by atomic mass is 32.1. The minimum absolute atomic E-state index is 0.121. The molecule has 1 amide bonds. The monoisotopic (exact) mass is 343 g/mol. The molecule has 1 fully saturated rings. The molecule has 124 valence electrons. The Hall–Kier alpha value is -2.41. The predicted octanol–water partition coefficient (Wildman–Crippen LogP) is 3.72. The lowest BCUT2D eigenvalue weighted by atomic mass is 9.96. The summed E-state index contributed by atoms with van der Waals surface area (Å²) in [5.74, 6) is 1.44. The molecule has 0 N–H and O–H groups in total. The van der Waals surface area contributed by atoms with E-state index < -0.39 is 0 Å². The van der Waals surface area contributed by atoms with Gasteiger partial charge in [-0.25, -0.2) is 0 Å². The van der Waals surface area contributed by atoms with E-state index >= 15 is 0 Å². The predicted molar refractivity (Wildman–Crippen MR) is 88.9 cm³/mol. The van der Waals surface area contributed by atoms with Gasteiger partial charge in [-0.15, -0.1) is 21.5 Å². The van der Waals surface area contributed by atoms with E-state index in [1.54, 1.807) is 18.6 Å². The third kappa shape index (κ3) is 2.87. The number of furan rings is 1. The number of hydrogen-bond donors (Lipinski definition) is 0. The van der Waals surface area contributed by atoms with Crippen molar-refractivity contribution >= 4 is 17.2 Å². The van der Waals surface area contributed by atoms with Gasteiger partial charge in [-0.2, -0.15) is 0 Å². The largest absolute Gasteiger partial charge is 0.472 e. The molecule has 3 aromatic heterocycles. The van der Waals surface area contributed by atoms with Gasteiger partial charge in [-0.05, 0) is 42.8 Å². The molecule has 6 nitrogen and oxygen atoms in total. The number of carbonyl (C=O) groups is 1. The van der Waals surface area contributed by atoms with Gasteiger partial charge in [0.25, 0.3) is 11.8 Å². The van der Waals surface area contributed by atoms with E-state index in [-0.39, 0.29) is 11.8 Å². The normalized spacial score (nSPS) is 15.8. The van der Waals surface area contributed by atoms with Gasteiger partial charge in [0.05, 0.1) is 16.7 Å². The first-order chi connectivity index (χ1) is 11.7. The molecule has 0 bridgehead atoms. The standard InChI is InChI=1S/C17H17N3O3S/c1-11-8-14(24-10-11)17(21)20-5-2-12(3-6-20)15-18-19-16(23-15)13-4-7-22-9-13/h4,7-10,12H,2-3,5-6H2,1H3. The highest BCUT2D eigenvalue weighted by molar-refractivity contribution is 7.12. The second-order valence-corrected chi connectivity index (χ2v) is 6.92. The van der Waals surface area contributed by atoms with Crippen LogP contribution in [-0.4, -0.2) is 34.1 Å². The lowest BCUT2D eigenvalue weighted by molar-refractivity contribution is 0.0711. The van der Waals surface area contributed by atoms with Gasteiger partial charge >= 0.3 is 0 Å². The first-order valence-electron chi connectivity index (χ1n) is 7.91. The molecule has 0 radical (unpaired) electrons. The van der Waals surface area contributed by atoms with E-state index in [9.17, 15) is 4.79 Å². The van der Waals surface area contributed by atoms with Gasteiger partial charge < -0.3 is 13.7 Å². The topological polar surface area (TPSA) is 72.4 Å². The van der Waals surface area contributed by atoms with Crippen LogP contribution >= 0.6 is 11.3 Å². The Kier molecular flexibility index (Phi) is 3.93. The van der Waals surface area contributed by atoms with Crippen LogP contribution in [0.3, 0.4) is 0 Å². The highest BCUT2D eigenvalue weighted by Gasteiger charge is 2.28. The van der Waals surface area contributed by atoms with E-state index in [4.69, 9.17) is 8.83 Å². The van der Waals surface area contributed by atoms with Crippen LogP contribution in [0.5, 0.6) is 0 Å². The summed E-state index contributed by atoms with van der Waals surface area (Å²) < 4.78 is 10.8. The molecule has 1 aliphatic rings. The Morgan fingerprint density at radius 2 is 2.17 bits per heavy atom. The first kappa shape index (κ1) is 15.1. The van der Waals surface area contributed by atoms with Crippen LogP contribution in [0, 0.1) is 6.92 Å². The second-order valence-electron chi connectivity index (χ2n) is 6.01. The van der Waals surface area contributed by atoms with E-state index in [0.29, 0.717) is 24.9 Å². The summed E-state index contributed by atoms with van der Waals surface area (Å²) in [7, 11) is 0. The maximum absolute atomic E-state index is 12.5. The Balaban J connectivity index is 1.40. The maximum Gasteiger partial charge on any atom is 0.263 e. The molecule has 24 heavy (non-hydrogen) atoms. The van der Waals surface area contributed by atoms with Crippen LogP contribution < -0.4 is 0 Å². The second kappa shape index (κ2) is 6.24. The van der Waals surface area contributed by atoms with Crippen molar-refractivity contribution in [1.82, 2.24) is 15.1 Å². The van der Waals surface area contributed by atoms with E-state index in [0.717, 1.165) is 28.8 Å². The summed E-state index contributed by atoms with van der Waals surface area (Å²) in [5.41, 5.74) is 1.92. The average molecular weight is 343 g/mol. The minimum Gasteiger partial charge on any atom is -0.472 e. The number of likely N-dealkylation sites (tertiary alicyclic amines) is 1. The van der Waals surface area contributed by atoms with Crippen LogP contribution in [0.15, 0.2) is 38.9 Å². The quantitative estimate of drug-likeness (QED) is 0.725. The fourth-order valence-corrected chi connectivity index (χ4v) is 3.80. The number of hydrogen-bond acceptors (Lipinski definition) is 6. The Bertz CT molecular complexity index is 829. The van der Waals surface area contributed by atoms with Crippen LogP contribution in [-0.2, 0) is 0 Å². The average Bonchev–Trinajstić information content (AvgIpc) is 3.35.